The number of nitrogens with one attached hydrogen (secondary N) is 2. The van der Waals surface area contributed by atoms with E-state index in [-0.39, 0.29) is 12.3 Å². The molecule has 1 atom stereocenters. The summed E-state index contributed by atoms with van der Waals surface area (Å²) in [6.45, 7) is 0.708. The Hall–Kier alpha value is -1.75. The Morgan fingerprint density at radius 2 is 2.29 bits per heavy atom. The van der Waals surface area contributed by atoms with Gasteiger partial charge in [0.25, 0.3) is 0 Å². The number of hydrogen-bond donors (Lipinski definition) is 2. The van der Waals surface area contributed by atoms with Crippen molar-refractivity contribution in [3.8, 4) is 5.75 Å². The molecule has 1 fully saturated rings. The third kappa shape index (κ3) is 3.10. The number of carbonyl (C=O) groups is 1. The van der Waals surface area contributed by atoms with E-state index in [0.29, 0.717) is 18.0 Å². The number of amides is 2. The van der Waals surface area contributed by atoms with Gasteiger partial charge < -0.3 is 20.1 Å². The van der Waals surface area contributed by atoms with Gasteiger partial charge in [-0.1, -0.05) is 12.1 Å². The lowest BCUT2D eigenvalue weighted by Crippen LogP contribution is -2.37. The number of para-hydroxylation sites is 2. The van der Waals surface area contributed by atoms with Gasteiger partial charge in [0.1, 0.15) is 12.0 Å². The monoisotopic (exact) mass is 236 g/mol. The summed E-state index contributed by atoms with van der Waals surface area (Å²) >= 11 is 0. The summed E-state index contributed by atoms with van der Waals surface area (Å²) in [6, 6.07) is 6.99. The van der Waals surface area contributed by atoms with E-state index >= 15 is 0 Å². The van der Waals surface area contributed by atoms with Crippen LogP contribution in [0.4, 0.5) is 10.5 Å². The lowest BCUT2D eigenvalue weighted by molar-refractivity contribution is 0.0928. The number of carbonyl (C=O) groups excluding carboxylic acids is 1. The van der Waals surface area contributed by atoms with Crippen molar-refractivity contribution in [3.63, 3.8) is 0 Å². The van der Waals surface area contributed by atoms with Gasteiger partial charge in [-0.25, -0.2) is 4.79 Å². The fourth-order valence-electron chi connectivity index (χ4n) is 1.74. The number of hydrogen-bond acceptors (Lipinski definition) is 3. The molecule has 0 radical (unpaired) electrons. The summed E-state index contributed by atoms with van der Waals surface area (Å²) in [5.74, 6) is 0.634. The molecule has 1 unspecified atom stereocenters. The molecule has 0 bridgehead atoms. The number of benzene rings is 1. The fourth-order valence-corrected chi connectivity index (χ4v) is 1.74. The quantitative estimate of drug-likeness (QED) is 0.843. The number of anilines is 1. The lowest BCUT2D eigenvalue weighted by Gasteiger charge is -2.14. The Bertz CT molecular complexity index is 389. The molecule has 0 aromatic heterocycles. The van der Waals surface area contributed by atoms with Crippen molar-refractivity contribution in [3.05, 3.63) is 24.3 Å². The van der Waals surface area contributed by atoms with Crippen LogP contribution >= 0.6 is 0 Å². The van der Waals surface area contributed by atoms with E-state index < -0.39 is 0 Å². The second-order valence-corrected chi connectivity index (χ2v) is 3.80. The highest BCUT2D eigenvalue weighted by Gasteiger charge is 2.17. The maximum absolute atomic E-state index is 11.7. The molecular formula is C12H16N2O3. The molecule has 1 aliphatic heterocycles. The molecule has 1 heterocycles. The fraction of sp³-hybridized carbons (Fsp3) is 0.417. The van der Waals surface area contributed by atoms with E-state index in [1.165, 1.54) is 0 Å². The van der Waals surface area contributed by atoms with Crippen LogP contribution in [0.5, 0.6) is 5.75 Å². The largest absolute Gasteiger partial charge is 0.495 e. The van der Waals surface area contributed by atoms with Crippen LogP contribution in [0.3, 0.4) is 0 Å². The highest BCUT2D eigenvalue weighted by Crippen LogP contribution is 2.22. The summed E-state index contributed by atoms with van der Waals surface area (Å²) in [6.07, 6.45) is 1.67. The van der Waals surface area contributed by atoms with Crippen molar-refractivity contribution in [1.29, 1.82) is 0 Å². The first-order valence-corrected chi connectivity index (χ1v) is 5.62. The molecule has 0 saturated carbocycles. The normalized spacial score (nSPS) is 18.8. The summed E-state index contributed by atoms with van der Waals surface area (Å²) in [4.78, 5) is 11.7. The minimum atomic E-state index is -0.276. The van der Waals surface area contributed by atoms with Crippen molar-refractivity contribution < 1.29 is 14.3 Å². The molecule has 2 rings (SSSR count). The Morgan fingerprint density at radius 3 is 3.00 bits per heavy atom. The van der Waals surface area contributed by atoms with E-state index in [2.05, 4.69) is 10.6 Å². The van der Waals surface area contributed by atoms with Crippen molar-refractivity contribution in [2.75, 3.05) is 19.0 Å². The van der Waals surface area contributed by atoms with Crippen LogP contribution in [0.1, 0.15) is 12.8 Å². The standard InChI is InChI=1S/C12H16N2O3/c1-16-10-6-3-2-5-9(10)13-12(15)14-11-7-4-8-17-11/h2-3,5-6,11H,4,7-8H2,1H3,(H2,13,14,15). The minimum absolute atomic E-state index is 0.176. The Balaban J connectivity index is 1.92. The highest BCUT2D eigenvalue weighted by molar-refractivity contribution is 5.90. The maximum atomic E-state index is 11.7. The molecule has 1 aliphatic rings. The van der Waals surface area contributed by atoms with Gasteiger partial charge in [-0.15, -0.1) is 0 Å². The number of urea groups is 1. The summed E-state index contributed by atoms with van der Waals surface area (Å²) in [5.41, 5.74) is 0.644. The average molecular weight is 236 g/mol. The van der Waals surface area contributed by atoms with E-state index in [4.69, 9.17) is 9.47 Å². The third-order valence-corrected chi connectivity index (χ3v) is 2.58. The van der Waals surface area contributed by atoms with Gasteiger partial charge in [-0.3, -0.25) is 0 Å². The summed E-state index contributed by atoms with van der Waals surface area (Å²) in [5, 5.41) is 5.48. The van der Waals surface area contributed by atoms with Crippen LogP contribution in [0, 0.1) is 0 Å². The number of methoxy groups -OCH3 is 1. The number of rotatable bonds is 3. The predicted molar refractivity (Wildman–Crippen MR) is 64.1 cm³/mol. The predicted octanol–water partition coefficient (Wildman–Crippen LogP) is 1.95. The van der Waals surface area contributed by atoms with Crippen LogP contribution < -0.4 is 15.4 Å². The highest BCUT2D eigenvalue weighted by atomic mass is 16.5. The van der Waals surface area contributed by atoms with E-state index in [1.807, 2.05) is 12.1 Å². The molecule has 5 heteroatoms. The smallest absolute Gasteiger partial charge is 0.321 e. The van der Waals surface area contributed by atoms with Crippen LogP contribution in [0.15, 0.2) is 24.3 Å². The van der Waals surface area contributed by atoms with Gasteiger partial charge in [-0.05, 0) is 25.0 Å². The van der Waals surface area contributed by atoms with Gasteiger partial charge in [0.05, 0.1) is 12.8 Å². The van der Waals surface area contributed by atoms with Gasteiger partial charge >= 0.3 is 6.03 Å². The van der Waals surface area contributed by atoms with Crippen LogP contribution in [-0.2, 0) is 4.74 Å². The zero-order chi connectivity index (χ0) is 12.1. The first kappa shape index (κ1) is 11.7. The van der Waals surface area contributed by atoms with Crippen LogP contribution in [0.25, 0.3) is 0 Å². The van der Waals surface area contributed by atoms with Crippen molar-refractivity contribution in [2.24, 2.45) is 0 Å². The molecule has 5 nitrogen and oxygen atoms in total. The molecule has 2 amide bonds. The van der Waals surface area contributed by atoms with Gasteiger partial charge in [0.15, 0.2) is 0 Å². The van der Waals surface area contributed by atoms with Crippen LogP contribution in [0.2, 0.25) is 0 Å². The topological polar surface area (TPSA) is 59.6 Å². The molecule has 1 aromatic carbocycles. The van der Waals surface area contributed by atoms with Crippen molar-refractivity contribution in [2.45, 2.75) is 19.1 Å². The van der Waals surface area contributed by atoms with E-state index in [1.54, 1.807) is 19.2 Å². The minimum Gasteiger partial charge on any atom is -0.495 e. The van der Waals surface area contributed by atoms with Gasteiger partial charge in [-0.2, -0.15) is 0 Å². The first-order valence-electron chi connectivity index (χ1n) is 5.62. The molecule has 1 saturated heterocycles. The third-order valence-electron chi connectivity index (χ3n) is 2.58. The summed E-state index contributed by atoms with van der Waals surface area (Å²) in [7, 11) is 1.57. The molecule has 0 aliphatic carbocycles. The second kappa shape index (κ2) is 5.54. The van der Waals surface area contributed by atoms with E-state index in [9.17, 15) is 4.79 Å². The molecule has 17 heavy (non-hydrogen) atoms. The zero-order valence-corrected chi connectivity index (χ0v) is 9.73. The van der Waals surface area contributed by atoms with Crippen molar-refractivity contribution in [1.82, 2.24) is 5.32 Å². The van der Waals surface area contributed by atoms with Crippen molar-refractivity contribution >= 4 is 11.7 Å². The lowest BCUT2D eigenvalue weighted by atomic mass is 10.3. The van der Waals surface area contributed by atoms with Gasteiger partial charge in [0, 0.05) is 6.61 Å². The molecule has 2 N–H and O–H groups in total. The number of ether oxygens (including phenoxy) is 2. The van der Waals surface area contributed by atoms with E-state index in [0.717, 1.165) is 12.8 Å². The molecule has 0 spiro atoms. The zero-order valence-electron chi connectivity index (χ0n) is 9.73. The Morgan fingerprint density at radius 1 is 1.47 bits per heavy atom. The second-order valence-electron chi connectivity index (χ2n) is 3.80. The molecule has 92 valence electrons. The average Bonchev–Trinajstić information content (AvgIpc) is 2.82. The maximum Gasteiger partial charge on any atom is 0.321 e. The Kier molecular flexibility index (Phi) is 3.82. The molecular weight excluding hydrogens is 220 g/mol. The first-order chi connectivity index (χ1) is 8.29. The summed E-state index contributed by atoms with van der Waals surface area (Å²) < 4.78 is 10.5. The SMILES string of the molecule is COc1ccccc1NC(=O)NC1CCCO1. The Labute approximate surface area is 100 Å². The van der Waals surface area contributed by atoms with Gasteiger partial charge in [0.2, 0.25) is 0 Å². The molecule has 1 aromatic rings. The van der Waals surface area contributed by atoms with Crippen LogP contribution in [-0.4, -0.2) is 26.0 Å².